The zero-order chi connectivity index (χ0) is 21.8. The summed E-state index contributed by atoms with van der Waals surface area (Å²) in [5.41, 5.74) is 4.11. The van der Waals surface area contributed by atoms with Crippen LogP contribution in [0.25, 0.3) is 11.3 Å². The Bertz CT molecular complexity index is 1050. The highest BCUT2D eigenvalue weighted by Gasteiger charge is 2.41. The molecular weight excluding hydrogens is 394 g/mol. The van der Waals surface area contributed by atoms with Gasteiger partial charge in [-0.05, 0) is 55.3 Å². The lowest BCUT2D eigenvalue weighted by Gasteiger charge is -2.26. The Hall–Kier alpha value is -3.32. The molecule has 3 aromatic rings. The number of fused-ring (bicyclic) bond motifs is 1. The van der Waals surface area contributed by atoms with Gasteiger partial charge in [-0.3, -0.25) is 9.89 Å². The molecule has 0 fully saturated rings. The summed E-state index contributed by atoms with van der Waals surface area (Å²) in [6, 6.07) is 15.4. The third kappa shape index (κ3) is 4.01. The number of carbonyl (C=O) groups is 1. The molecule has 0 spiro atoms. The van der Waals surface area contributed by atoms with Crippen LogP contribution in [0.1, 0.15) is 41.0 Å². The third-order valence-corrected chi connectivity index (χ3v) is 5.46. The average molecular weight is 421 g/mol. The molecule has 162 valence electrons. The van der Waals surface area contributed by atoms with Gasteiger partial charge in [-0.25, -0.2) is 0 Å². The number of benzene rings is 2. The van der Waals surface area contributed by atoms with Gasteiger partial charge in [0.1, 0.15) is 17.2 Å². The lowest BCUT2D eigenvalue weighted by atomic mass is 9.96. The van der Waals surface area contributed by atoms with E-state index in [0.717, 1.165) is 40.3 Å². The van der Waals surface area contributed by atoms with Crippen LogP contribution in [0.5, 0.6) is 11.5 Å². The molecule has 0 radical (unpaired) electrons. The van der Waals surface area contributed by atoms with Crippen LogP contribution in [0.3, 0.4) is 0 Å². The molecular formula is C24H27N3O4. The maximum absolute atomic E-state index is 13.3. The van der Waals surface area contributed by atoms with Crippen LogP contribution in [0.2, 0.25) is 0 Å². The maximum Gasteiger partial charge on any atom is 0.273 e. The average Bonchev–Trinajstić information content (AvgIpc) is 3.34. The number of nitrogens with zero attached hydrogens (tertiary/aromatic N) is 2. The summed E-state index contributed by atoms with van der Waals surface area (Å²) < 4.78 is 16.2. The Morgan fingerprint density at radius 3 is 2.61 bits per heavy atom. The molecule has 0 bridgehead atoms. The summed E-state index contributed by atoms with van der Waals surface area (Å²) >= 11 is 0. The molecule has 7 nitrogen and oxygen atoms in total. The van der Waals surface area contributed by atoms with E-state index in [1.165, 1.54) is 0 Å². The van der Waals surface area contributed by atoms with Crippen molar-refractivity contribution in [2.75, 3.05) is 34.0 Å². The van der Waals surface area contributed by atoms with Crippen LogP contribution in [0.4, 0.5) is 0 Å². The minimum Gasteiger partial charge on any atom is -0.497 e. The van der Waals surface area contributed by atoms with Gasteiger partial charge < -0.3 is 19.1 Å². The summed E-state index contributed by atoms with van der Waals surface area (Å²) in [5, 5.41) is 7.50. The quantitative estimate of drug-likeness (QED) is 0.527. The first-order chi connectivity index (χ1) is 15.2. The van der Waals surface area contributed by atoms with Gasteiger partial charge in [0.2, 0.25) is 0 Å². The van der Waals surface area contributed by atoms with Crippen molar-refractivity contribution in [3.05, 3.63) is 65.4 Å². The van der Waals surface area contributed by atoms with E-state index in [-0.39, 0.29) is 11.9 Å². The number of hydrogen-bond acceptors (Lipinski definition) is 5. The predicted octanol–water partition coefficient (Wildman–Crippen LogP) is 4.07. The standard InChI is InChI=1S/C24H27N3O4/c1-4-31-18-11-9-16(10-12-18)21-20-22(26-25-21)24(28)27(13-6-14-29-2)23(20)17-7-5-8-19(15-17)30-3/h5,7-12,15,23H,4,6,13-14H2,1-3H3,(H,25,26). The van der Waals surface area contributed by atoms with Crippen molar-refractivity contribution in [2.45, 2.75) is 19.4 Å². The van der Waals surface area contributed by atoms with Crippen LogP contribution in [0, 0.1) is 0 Å². The normalized spacial score (nSPS) is 15.3. The Labute approximate surface area is 181 Å². The summed E-state index contributed by atoms with van der Waals surface area (Å²) in [6.07, 6.45) is 0.749. The number of hydrogen-bond donors (Lipinski definition) is 1. The van der Waals surface area contributed by atoms with Gasteiger partial charge >= 0.3 is 0 Å². The Balaban J connectivity index is 1.78. The van der Waals surface area contributed by atoms with E-state index in [4.69, 9.17) is 14.2 Å². The van der Waals surface area contributed by atoms with Crippen molar-refractivity contribution >= 4 is 5.91 Å². The Morgan fingerprint density at radius 1 is 1.10 bits per heavy atom. The highest BCUT2D eigenvalue weighted by molar-refractivity contribution is 6.00. The fourth-order valence-electron chi connectivity index (χ4n) is 4.06. The zero-order valence-corrected chi connectivity index (χ0v) is 18.1. The molecule has 2 aromatic carbocycles. The van der Waals surface area contributed by atoms with Crippen molar-refractivity contribution in [2.24, 2.45) is 0 Å². The monoisotopic (exact) mass is 421 g/mol. The lowest BCUT2D eigenvalue weighted by Crippen LogP contribution is -2.31. The summed E-state index contributed by atoms with van der Waals surface area (Å²) in [5.74, 6) is 1.50. The smallest absolute Gasteiger partial charge is 0.273 e. The zero-order valence-electron chi connectivity index (χ0n) is 18.1. The molecule has 1 N–H and O–H groups in total. The van der Waals surface area contributed by atoms with Gasteiger partial charge in [0.25, 0.3) is 5.91 Å². The van der Waals surface area contributed by atoms with Crippen LogP contribution in [-0.4, -0.2) is 55.0 Å². The first-order valence-corrected chi connectivity index (χ1v) is 10.4. The van der Waals surface area contributed by atoms with Gasteiger partial charge in [0.05, 0.1) is 25.5 Å². The van der Waals surface area contributed by atoms with E-state index >= 15 is 0 Å². The molecule has 0 aliphatic carbocycles. The van der Waals surface area contributed by atoms with Crippen LogP contribution < -0.4 is 9.47 Å². The SMILES string of the molecule is CCOc1ccc(-c2n[nH]c3c2C(c2cccc(OC)c2)N(CCCOC)C3=O)cc1. The fourth-order valence-corrected chi connectivity index (χ4v) is 4.06. The second-order valence-corrected chi connectivity index (χ2v) is 7.34. The molecule has 1 amide bonds. The van der Waals surface area contributed by atoms with Crippen molar-refractivity contribution in [1.82, 2.24) is 15.1 Å². The number of H-pyrrole nitrogens is 1. The molecule has 7 heteroatoms. The van der Waals surface area contributed by atoms with E-state index in [2.05, 4.69) is 10.2 Å². The largest absolute Gasteiger partial charge is 0.497 e. The number of ether oxygens (including phenoxy) is 3. The van der Waals surface area contributed by atoms with Crippen LogP contribution in [-0.2, 0) is 4.74 Å². The molecule has 1 aliphatic rings. The van der Waals surface area contributed by atoms with Crippen LogP contribution in [0.15, 0.2) is 48.5 Å². The first-order valence-electron chi connectivity index (χ1n) is 10.4. The maximum atomic E-state index is 13.3. The van der Waals surface area contributed by atoms with Gasteiger partial charge in [-0.1, -0.05) is 12.1 Å². The number of carbonyl (C=O) groups excluding carboxylic acids is 1. The van der Waals surface area contributed by atoms with Crippen molar-refractivity contribution in [3.8, 4) is 22.8 Å². The summed E-state index contributed by atoms with van der Waals surface area (Å²) in [6.45, 7) is 3.74. The number of amides is 1. The number of rotatable bonds is 9. The van der Waals surface area contributed by atoms with E-state index < -0.39 is 0 Å². The molecule has 2 heterocycles. The minimum atomic E-state index is -0.255. The topological polar surface area (TPSA) is 76.7 Å². The third-order valence-electron chi connectivity index (χ3n) is 5.46. The number of nitrogens with one attached hydrogen (secondary N) is 1. The number of methoxy groups -OCH3 is 2. The van der Waals surface area contributed by atoms with Crippen molar-refractivity contribution in [1.29, 1.82) is 0 Å². The number of aromatic amines is 1. The van der Waals surface area contributed by atoms with Crippen LogP contribution >= 0.6 is 0 Å². The van der Waals surface area contributed by atoms with Crippen molar-refractivity contribution in [3.63, 3.8) is 0 Å². The lowest BCUT2D eigenvalue weighted by molar-refractivity contribution is 0.0723. The number of aromatic nitrogens is 2. The van der Waals surface area contributed by atoms with E-state index in [1.807, 2.05) is 60.4 Å². The van der Waals surface area contributed by atoms with E-state index in [0.29, 0.717) is 25.5 Å². The van der Waals surface area contributed by atoms with Gasteiger partial charge in [-0.15, -0.1) is 0 Å². The molecule has 1 atom stereocenters. The second-order valence-electron chi connectivity index (χ2n) is 7.34. The van der Waals surface area contributed by atoms with Gasteiger partial charge in [0.15, 0.2) is 0 Å². The van der Waals surface area contributed by atoms with E-state index in [9.17, 15) is 4.79 Å². The summed E-state index contributed by atoms with van der Waals surface area (Å²) in [7, 11) is 3.31. The minimum absolute atomic E-state index is 0.0522. The Morgan fingerprint density at radius 2 is 1.90 bits per heavy atom. The Kier molecular flexibility index (Phi) is 6.23. The first kappa shape index (κ1) is 20.9. The van der Waals surface area contributed by atoms with Crippen molar-refractivity contribution < 1.29 is 19.0 Å². The molecule has 1 unspecified atom stereocenters. The fraction of sp³-hybridized carbons (Fsp3) is 0.333. The molecule has 4 rings (SSSR count). The second kappa shape index (κ2) is 9.22. The summed E-state index contributed by atoms with van der Waals surface area (Å²) in [4.78, 5) is 15.2. The highest BCUT2D eigenvalue weighted by atomic mass is 16.5. The van der Waals surface area contributed by atoms with E-state index in [1.54, 1.807) is 14.2 Å². The molecule has 0 saturated heterocycles. The molecule has 1 aliphatic heterocycles. The van der Waals surface area contributed by atoms with Gasteiger partial charge in [-0.2, -0.15) is 5.10 Å². The highest BCUT2D eigenvalue weighted by Crippen LogP contribution is 2.43. The molecule has 1 aromatic heterocycles. The molecule has 0 saturated carbocycles. The predicted molar refractivity (Wildman–Crippen MR) is 118 cm³/mol. The molecule has 31 heavy (non-hydrogen) atoms. The van der Waals surface area contributed by atoms with Gasteiger partial charge in [0, 0.05) is 31.4 Å².